The summed E-state index contributed by atoms with van der Waals surface area (Å²) in [6.45, 7) is 9.27. The van der Waals surface area contributed by atoms with E-state index in [9.17, 15) is 0 Å². The molecule has 0 fully saturated rings. The molecule has 0 nitrogen and oxygen atoms in total. The van der Waals surface area contributed by atoms with E-state index in [1.165, 1.54) is 77.0 Å². The first kappa shape index (κ1) is 20.5. The van der Waals surface area contributed by atoms with Crippen molar-refractivity contribution >= 4 is 0 Å². The van der Waals surface area contributed by atoms with Crippen LogP contribution in [0.1, 0.15) is 105 Å². The molecular weight excluding hydrogens is 252 g/mol. The fraction of sp³-hybridized carbons (Fsp3) is 0.810. The summed E-state index contributed by atoms with van der Waals surface area (Å²) in [6.07, 6.45) is 25.5. The van der Waals surface area contributed by atoms with E-state index in [0.29, 0.717) is 5.41 Å². The molecule has 0 aliphatic rings. The summed E-state index contributed by atoms with van der Waals surface area (Å²) in [5.74, 6) is 0. The van der Waals surface area contributed by atoms with Gasteiger partial charge < -0.3 is 0 Å². The third-order valence-electron chi connectivity index (χ3n) is 3.85. The minimum atomic E-state index is 0.508. The van der Waals surface area contributed by atoms with Gasteiger partial charge >= 0.3 is 0 Å². The quantitative estimate of drug-likeness (QED) is 0.239. The number of rotatable bonds is 13. The molecule has 0 saturated heterocycles. The number of hydrogen-bond acceptors (Lipinski definition) is 0. The Morgan fingerprint density at radius 3 is 1.33 bits per heavy atom. The van der Waals surface area contributed by atoms with Gasteiger partial charge in [-0.3, -0.25) is 0 Å². The van der Waals surface area contributed by atoms with Crippen molar-refractivity contribution in [3.8, 4) is 0 Å². The maximum absolute atomic E-state index is 2.39. The van der Waals surface area contributed by atoms with Crippen LogP contribution in [-0.2, 0) is 0 Å². The number of allylic oxidation sites excluding steroid dienone is 4. The molecule has 0 aromatic rings. The maximum atomic E-state index is 2.39. The summed E-state index contributed by atoms with van der Waals surface area (Å²) in [5, 5.41) is 0. The molecule has 0 saturated carbocycles. The minimum absolute atomic E-state index is 0.508. The largest absolute Gasteiger partial charge is 0.0885 e. The number of unbranched alkanes of at least 4 members (excludes halogenated alkanes) is 8. The van der Waals surface area contributed by atoms with Gasteiger partial charge in [-0.15, -0.1) is 0 Å². The van der Waals surface area contributed by atoms with Crippen LogP contribution in [-0.4, -0.2) is 0 Å². The molecule has 0 bridgehead atoms. The van der Waals surface area contributed by atoms with E-state index in [2.05, 4.69) is 52.0 Å². The zero-order valence-corrected chi connectivity index (χ0v) is 15.3. The second-order valence-corrected chi connectivity index (χ2v) is 7.53. The van der Waals surface area contributed by atoms with E-state index >= 15 is 0 Å². The van der Waals surface area contributed by atoms with Crippen LogP contribution in [0.2, 0.25) is 0 Å². The molecule has 0 heterocycles. The second kappa shape index (κ2) is 14.4. The number of hydrogen-bond donors (Lipinski definition) is 0. The summed E-state index contributed by atoms with van der Waals surface area (Å²) in [6, 6.07) is 0. The van der Waals surface area contributed by atoms with Crippen LogP contribution in [0.15, 0.2) is 24.3 Å². The Bertz CT molecular complexity index is 252. The molecule has 0 radical (unpaired) electrons. The lowest BCUT2D eigenvalue weighted by molar-refractivity contribution is 0.361. The zero-order chi connectivity index (χ0) is 15.8. The molecule has 0 rings (SSSR count). The highest BCUT2D eigenvalue weighted by molar-refractivity contribution is 4.84. The highest BCUT2D eigenvalue weighted by atomic mass is 14.1. The van der Waals surface area contributed by atoms with Gasteiger partial charge in [0.2, 0.25) is 0 Å². The second-order valence-electron chi connectivity index (χ2n) is 7.53. The Morgan fingerprint density at radius 1 is 0.571 bits per heavy atom. The predicted molar refractivity (Wildman–Crippen MR) is 98.8 cm³/mol. The molecule has 0 heteroatoms. The molecule has 0 aromatic heterocycles. The standard InChI is InChI=1S/C21H40/c1-5-6-7-8-9-10-11-12-13-14-15-16-17-18-19-20-21(2,3)4/h9-10,15-16H,5-8,11-14,17-20H2,1-4H3/b10-9-,16-15-. The molecule has 0 unspecified atom stereocenters. The monoisotopic (exact) mass is 292 g/mol. The van der Waals surface area contributed by atoms with Crippen molar-refractivity contribution in [3.05, 3.63) is 24.3 Å². The summed E-state index contributed by atoms with van der Waals surface area (Å²) in [5.41, 5.74) is 0.508. The Hall–Kier alpha value is -0.520. The van der Waals surface area contributed by atoms with Gasteiger partial charge in [0, 0.05) is 0 Å². The third-order valence-corrected chi connectivity index (χ3v) is 3.85. The Balaban J connectivity index is 3.22. The average molecular weight is 293 g/mol. The van der Waals surface area contributed by atoms with Crippen LogP contribution >= 0.6 is 0 Å². The lowest BCUT2D eigenvalue weighted by Crippen LogP contribution is -2.03. The first-order valence-corrected chi connectivity index (χ1v) is 9.36. The van der Waals surface area contributed by atoms with Gasteiger partial charge in [-0.05, 0) is 63.2 Å². The highest BCUT2D eigenvalue weighted by Gasteiger charge is 2.08. The van der Waals surface area contributed by atoms with Gasteiger partial charge in [0.25, 0.3) is 0 Å². The van der Waals surface area contributed by atoms with Crippen molar-refractivity contribution < 1.29 is 0 Å². The van der Waals surface area contributed by atoms with Crippen molar-refractivity contribution in [3.63, 3.8) is 0 Å². The van der Waals surface area contributed by atoms with Gasteiger partial charge in [-0.1, -0.05) is 71.3 Å². The predicted octanol–water partition coefficient (Wildman–Crippen LogP) is 7.85. The van der Waals surface area contributed by atoms with E-state index in [-0.39, 0.29) is 0 Å². The van der Waals surface area contributed by atoms with Gasteiger partial charge in [-0.2, -0.15) is 0 Å². The third kappa shape index (κ3) is 19.5. The molecule has 124 valence electrons. The molecule has 21 heavy (non-hydrogen) atoms. The Morgan fingerprint density at radius 2 is 0.952 bits per heavy atom. The lowest BCUT2D eigenvalue weighted by Gasteiger charge is -2.17. The van der Waals surface area contributed by atoms with Crippen LogP contribution in [0.3, 0.4) is 0 Å². The van der Waals surface area contributed by atoms with Gasteiger partial charge in [-0.25, -0.2) is 0 Å². The summed E-state index contributed by atoms with van der Waals surface area (Å²) in [7, 11) is 0. The van der Waals surface area contributed by atoms with Gasteiger partial charge in [0.15, 0.2) is 0 Å². The summed E-state index contributed by atoms with van der Waals surface area (Å²) >= 11 is 0. The van der Waals surface area contributed by atoms with E-state index in [0.717, 1.165) is 0 Å². The topological polar surface area (TPSA) is 0 Å². The van der Waals surface area contributed by atoms with E-state index < -0.39 is 0 Å². The van der Waals surface area contributed by atoms with Gasteiger partial charge in [0.1, 0.15) is 0 Å². The molecule has 0 aliphatic carbocycles. The summed E-state index contributed by atoms with van der Waals surface area (Å²) < 4.78 is 0. The molecule has 0 atom stereocenters. The van der Waals surface area contributed by atoms with Crippen LogP contribution < -0.4 is 0 Å². The average Bonchev–Trinajstić information content (AvgIpc) is 2.42. The SMILES string of the molecule is CCCCC/C=C\CCCC/C=C\CCCCC(C)(C)C. The molecule has 0 aliphatic heterocycles. The Labute approximate surface area is 135 Å². The van der Waals surface area contributed by atoms with E-state index in [4.69, 9.17) is 0 Å². The van der Waals surface area contributed by atoms with Crippen molar-refractivity contribution in [1.82, 2.24) is 0 Å². The van der Waals surface area contributed by atoms with Crippen LogP contribution in [0.4, 0.5) is 0 Å². The van der Waals surface area contributed by atoms with Crippen LogP contribution in [0.25, 0.3) is 0 Å². The van der Waals surface area contributed by atoms with Crippen molar-refractivity contribution in [2.45, 2.75) is 105 Å². The van der Waals surface area contributed by atoms with E-state index in [1.807, 2.05) is 0 Å². The maximum Gasteiger partial charge on any atom is -0.0351 e. The normalized spacial score (nSPS) is 12.8. The van der Waals surface area contributed by atoms with Crippen molar-refractivity contribution in [1.29, 1.82) is 0 Å². The molecule has 0 N–H and O–H groups in total. The fourth-order valence-electron chi connectivity index (χ4n) is 2.43. The van der Waals surface area contributed by atoms with Crippen LogP contribution in [0.5, 0.6) is 0 Å². The smallest absolute Gasteiger partial charge is 0.0351 e. The summed E-state index contributed by atoms with van der Waals surface area (Å²) in [4.78, 5) is 0. The fourth-order valence-corrected chi connectivity index (χ4v) is 2.43. The van der Waals surface area contributed by atoms with E-state index in [1.54, 1.807) is 0 Å². The first-order chi connectivity index (χ1) is 10.1. The zero-order valence-electron chi connectivity index (χ0n) is 15.3. The highest BCUT2D eigenvalue weighted by Crippen LogP contribution is 2.22. The first-order valence-electron chi connectivity index (χ1n) is 9.36. The van der Waals surface area contributed by atoms with Crippen molar-refractivity contribution in [2.75, 3.05) is 0 Å². The molecule has 0 amide bonds. The molecule has 0 spiro atoms. The van der Waals surface area contributed by atoms with Crippen molar-refractivity contribution in [2.24, 2.45) is 5.41 Å². The van der Waals surface area contributed by atoms with Gasteiger partial charge in [0.05, 0.1) is 0 Å². The van der Waals surface area contributed by atoms with Crippen LogP contribution in [0, 0.1) is 5.41 Å². The molecular formula is C21H40. The Kier molecular flexibility index (Phi) is 14.1. The minimum Gasteiger partial charge on any atom is -0.0885 e. The molecule has 0 aromatic carbocycles. The lowest BCUT2D eigenvalue weighted by atomic mass is 9.89.